The highest BCUT2D eigenvalue weighted by molar-refractivity contribution is 5.92. The van der Waals surface area contributed by atoms with Gasteiger partial charge < -0.3 is 14.6 Å². The molecule has 0 saturated carbocycles. The van der Waals surface area contributed by atoms with Crippen LogP contribution in [-0.2, 0) is 11.8 Å². The summed E-state index contributed by atoms with van der Waals surface area (Å²) in [4.78, 5) is 16.7. The largest absolute Gasteiger partial charge is 0.368 e. The third-order valence-corrected chi connectivity index (χ3v) is 3.97. The van der Waals surface area contributed by atoms with E-state index in [-0.39, 0.29) is 18.1 Å². The molecule has 2 atom stereocenters. The number of nitrogens with zero attached hydrogens (tertiary/aromatic N) is 3. The number of carbonyl (C=O) groups excluding carboxylic acids is 1. The number of hydrogen-bond acceptors (Lipinski definition) is 4. The lowest BCUT2D eigenvalue weighted by Gasteiger charge is -2.19. The molecule has 1 fully saturated rings. The predicted molar refractivity (Wildman–Crippen MR) is 80.4 cm³/mol. The molecular formula is C15H21N5O2. The summed E-state index contributed by atoms with van der Waals surface area (Å²) in [7, 11) is 1.92. The number of hydrogen-bond donors (Lipinski definition) is 2. The zero-order chi connectivity index (χ0) is 15.7. The Morgan fingerprint density at radius 2 is 2.36 bits per heavy atom. The molecule has 0 spiro atoms. The number of rotatable bonds is 4. The number of carbonyl (C=O) groups is 1. The Bertz CT molecular complexity index is 660. The Morgan fingerprint density at radius 1 is 1.55 bits per heavy atom. The molecule has 7 heteroatoms. The second kappa shape index (κ2) is 5.92. The number of aromatic amines is 1. The van der Waals surface area contributed by atoms with E-state index in [1.807, 2.05) is 17.8 Å². The Hall–Kier alpha value is -2.15. The summed E-state index contributed by atoms with van der Waals surface area (Å²) in [6.07, 6.45) is 4.16. The van der Waals surface area contributed by atoms with Gasteiger partial charge in [0.05, 0.1) is 6.04 Å². The van der Waals surface area contributed by atoms with Gasteiger partial charge in [0.2, 0.25) is 0 Å². The molecule has 1 aliphatic heterocycles. The Labute approximate surface area is 129 Å². The average molecular weight is 303 g/mol. The van der Waals surface area contributed by atoms with Crippen LogP contribution >= 0.6 is 0 Å². The highest BCUT2D eigenvalue weighted by Crippen LogP contribution is 2.28. The fourth-order valence-electron chi connectivity index (χ4n) is 2.63. The lowest BCUT2D eigenvalue weighted by Crippen LogP contribution is -2.37. The van der Waals surface area contributed by atoms with Crippen LogP contribution in [0.4, 0.5) is 0 Å². The van der Waals surface area contributed by atoms with Crippen molar-refractivity contribution >= 4 is 5.91 Å². The maximum absolute atomic E-state index is 12.4. The third kappa shape index (κ3) is 2.76. The van der Waals surface area contributed by atoms with E-state index in [2.05, 4.69) is 34.3 Å². The summed E-state index contributed by atoms with van der Waals surface area (Å²) < 4.78 is 7.66. The Morgan fingerprint density at radius 3 is 3.00 bits per heavy atom. The van der Waals surface area contributed by atoms with E-state index in [9.17, 15) is 4.79 Å². The van der Waals surface area contributed by atoms with Gasteiger partial charge in [-0.15, -0.1) is 0 Å². The van der Waals surface area contributed by atoms with Crippen LogP contribution in [0.2, 0.25) is 0 Å². The molecule has 1 aliphatic rings. The highest BCUT2D eigenvalue weighted by atomic mass is 16.5. The van der Waals surface area contributed by atoms with Crippen molar-refractivity contribution in [1.82, 2.24) is 25.1 Å². The van der Waals surface area contributed by atoms with Gasteiger partial charge in [-0.2, -0.15) is 5.10 Å². The van der Waals surface area contributed by atoms with Crippen molar-refractivity contribution < 1.29 is 9.53 Å². The van der Waals surface area contributed by atoms with Gasteiger partial charge >= 0.3 is 0 Å². The van der Waals surface area contributed by atoms with E-state index in [4.69, 9.17) is 4.74 Å². The predicted octanol–water partition coefficient (Wildman–Crippen LogP) is 1.53. The summed E-state index contributed by atoms with van der Waals surface area (Å²) in [5.74, 6) is 0.953. The molecule has 118 valence electrons. The molecule has 2 N–H and O–H groups in total. The maximum atomic E-state index is 12.4. The van der Waals surface area contributed by atoms with Crippen molar-refractivity contribution in [3.8, 4) is 0 Å². The van der Waals surface area contributed by atoms with Gasteiger partial charge in [-0.05, 0) is 18.4 Å². The van der Waals surface area contributed by atoms with Gasteiger partial charge in [-0.3, -0.25) is 9.89 Å². The molecule has 0 radical (unpaired) electrons. The number of amides is 1. The number of ether oxygens (including phenoxy) is 1. The summed E-state index contributed by atoms with van der Waals surface area (Å²) in [6.45, 7) is 4.72. The summed E-state index contributed by atoms with van der Waals surface area (Å²) in [5.41, 5.74) is 1.36. The molecule has 0 unspecified atom stereocenters. The van der Waals surface area contributed by atoms with Gasteiger partial charge in [-0.1, -0.05) is 13.8 Å². The van der Waals surface area contributed by atoms with Crippen LogP contribution in [-0.4, -0.2) is 38.3 Å². The van der Waals surface area contributed by atoms with Crippen LogP contribution in [0.15, 0.2) is 18.5 Å². The van der Waals surface area contributed by atoms with Crippen LogP contribution in [0.1, 0.15) is 54.3 Å². The molecular weight excluding hydrogens is 282 g/mol. The number of aryl methyl sites for hydroxylation is 1. The fourth-order valence-corrected chi connectivity index (χ4v) is 2.63. The number of nitrogens with one attached hydrogen (secondary N) is 2. The zero-order valence-corrected chi connectivity index (χ0v) is 13.0. The zero-order valence-electron chi connectivity index (χ0n) is 13.0. The lowest BCUT2D eigenvalue weighted by molar-refractivity contribution is 0.0776. The molecule has 0 bridgehead atoms. The fraction of sp³-hybridized carbons (Fsp3) is 0.533. The molecule has 2 aromatic heterocycles. The van der Waals surface area contributed by atoms with Gasteiger partial charge in [0, 0.05) is 31.7 Å². The van der Waals surface area contributed by atoms with Crippen LogP contribution < -0.4 is 5.32 Å². The van der Waals surface area contributed by atoms with Crippen molar-refractivity contribution in [3.63, 3.8) is 0 Å². The molecule has 1 amide bonds. The van der Waals surface area contributed by atoms with Crippen LogP contribution in [0, 0.1) is 0 Å². The second-order valence-corrected chi connectivity index (χ2v) is 5.92. The summed E-state index contributed by atoms with van der Waals surface area (Å²) in [6, 6.07) is 1.71. The smallest absolute Gasteiger partial charge is 0.272 e. The van der Waals surface area contributed by atoms with Gasteiger partial charge in [0.25, 0.3) is 5.91 Å². The van der Waals surface area contributed by atoms with Crippen molar-refractivity contribution in [2.24, 2.45) is 7.05 Å². The number of imidazole rings is 1. The molecule has 7 nitrogen and oxygen atoms in total. The van der Waals surface area contributed by atoms with Gasteiger partial charge in [0.15, 0.2) is 0 Å². The average Bonchev–Trinajstić information content (AvgIpc) is 3.18. The van der Waals surface area contributed by atoms with E-state index >= 15 is 0 Å². The van der Waals surface area contributed by atoms with E-state index in [0.29, 0.717) is 18.2 Å². The van der Waals surface area contributed by atoms with E-state index in [0.717, 1.165) is 17.9 Å². The quantitative estimate of drug-likeness (QED) is 0.897. The third-order valence-electron chi connectivity index (χ3n) is 3.97. The minimum atomic E-state index is -0.215. The standard InChI is InChI=1S/C15H21N5O2/c1-9(2)11-8-12(19-18-11)15(21)17-10-4-7-22-13(10)14-16-5-6-20(14)3/h5-6,8-10,13H,4,7H2,1-3H3,(H,17,21)(H,18,19)/t10-,13-/m0/s1. The highest BCUT2D eigenvalue weighted by Gasteiger charge is 2.34. The van der Waals surface area contributed by atoms with Crippen molar-refractivity contribution in [2.45, 2.75) is 38.3 Å². The Kier molecular flexibility index (Phi) is 3.98. The van der Waals surface area contributed by atoms with Crippen molar-refractivity contribution in [2.75, 3.05) is 6.61 Å². The topological polar surface area (TPSA) is 84.8 Å². The minimum Gasteiger partial charge on any atom is -0.368 e. The first-order valence-corrected chi connectivity index (χ1v) is 7.51. The normalized spacial score (nSPS) is 21.5. The molecule has 3 heterocycles. The molecule has 2 aromatic rings. The van der Waals surface area contributed by atoms with E-state index in [1.165, 1.54) is 0 Å². The van der Waals surface area contributed by atoms with Gasteiger partial charge in [-0.25, -0.2) is 4.98 Å². The SMILES string of the molecule is CC(C)c1cc(C(=O)N[C@H]2CCO[C@@H]2c2nccn2C)n[nH]1. The van der Waals surface area contributed by atoms with E-state index in [1.54, 1.807) is 12.3 Å². The first-order chi connectivity index (χ1) is 10.6. The minimum absolute atomic E-state index is 0.0900. The van der Waals surface area contributed by atoms with Crippen molar-refractivity contribution in [3.05, 3.63) is 35.7 Å². The summed E-state index contributed by atoms with van der Waals surface area (Å²) in [5, 5.41) is 10.00. The molecule has 1 saturated heterocycles. The first-order valence-electron chi connectivity index (χ1n) is 7.51. The van der Waals surface area contributed by atoms with Crippen LogP contribution in [0.5, 0.6) is 0 Å². The van der Waals surface area contributed by atoms with E-state index < -0.39 is 0 Å². The maximum Gasteiger partial charge on any atom is 0.272 e. The molecule has 0 aromatic carbocycles. The number of H-pyrrole nitrogens is 1. The first kappa shape index (κ1) is 14.8. The van der Waals surface area contributed by atoms with Crippen LogP contribution in [0.25, 0.3) is 0 Å². The van der Waals surface area contributed by atoms with Crippen molar-refractivity contribution in [1.29, 1.82) is 0 Å². The molecule has 22 heavy (non-hydrogen) atoms. The molecule has 0 aliphatic carbocycles. The summed E-state index contributed by atoms with van der Waals surface area (Å²) >= 11 is 0. The van der Waals surface area contributed by atoms with Crippen LogP contribution in [0.3, 0.4) is 0 Å². The second-order valence-electron chi connectivity index (χ2n) is 5.92. The monoisotopic (exact) mass is 303 g/mol. The molecule has 3 rings (SSSR count). The Balaban J connectivity index is 1.71. The number of aromatic nitrogens is 4. The van der Waals surface area contributed by atoms with Gasteiger partial charge in [0.1, 0.15) is 17.6 Å². The lowest BCUT2D eigenvalue weighted by atomic mass is 10.1.